The molecule has 4 amide bonds. The predicted octanol–water partition coefficient (Wildman–Crippen LogP) is 13.3. The molecule has 0 radical (unpaired) electrons. The number of rotatable bonds is 82. The summed E-state index contributed by atoms with van der Waals surface area (Å²) in [5.74, 6) is -2.64. The van der Waals surface area contributed by atoms with Crippen molar-refractivity contribution >= 4 is 51.2 Å². The normalized spacial score (nSPS) is 13.8. The molecule has 0 bridgehead atoms. The van der Waals surface area contributed by atoms with Crippen molar-refractivity contribution in [2.24, 2.45) is 0 Å². The Morgan fingerprint density at radius 2 is 0.595 bits per heavy atom. The minimum atomic E-state index is -5.00. The van der Waals surface area contributed by atoms with Gasteiger partial charge in [-0.1, -0.05) is 231 Å². The first kappa shape index (κ1) is 113. The van der Waals surface area contributed by atoms with Gasteiger partial charge in [0.25, 0.3) is 15.6 Å². The Hall–Kier alpha value is -2.08. The SMILES string of the molecule is CCCCCC/C=C\CCCCCC(=O)NC(COCCC(CCCCCCC)OC(=O)CCC/C=C\CCCCCC)COP(=O)([O-])OCCNC(=O)CC(=O)NCCOP(=O)([O-])OCC(COCC[C@@H](CCCCCCC)OC(=O)CCC/C=C\CCCCCC)NC(=O)CCCCC/C=C\CCCCCC.[Na+].[Na+]. The van der Waals surface area contributed by atoms with Gasteiger partial charge in [0, 0.05) is 51.6 Å². The topological polar surface area (TPSA) is 305 Å². The molecule has 6 atom stereocenters. The van der Waals surface area contributed by atoms with Crippen molar-refractivity contribution in [2.45, 2.75) is 393 Å². The van der Waals surface area contributed by atoms with Gasteiger partial charge in [-0.2, -0.15) is 0 Å². The van der Waals surface area contributed by atoms with Crippen molar-refractivity contribution in [2.75, 3.05) is 65.9 Å². The fourth-order valence-electron chi connectivity index (χ4n) is 12.0. The van der Waals surface area contributed by atoms with Crippen LogP contribution in [0.5, 0.6) is 0 Å². The van der Waals surface area contributed by atoms with Gasteiger partial charge < -0.3 is 68.1 Å². The van der Waals surface area contributed by atoms with Gasteiger partial charge in [0.2, 0.25) is 23.6 Å². The Kier molecular flexibility index (Phi) is 86.0. The molecule has 0 saturated heterocycles. The van der Waals surface area contributed by atoms with E-state index in [1.165, 1.54) is 103 Å². The number of phosphoric acid groups is 2. The zero-order valence-corrected chi connectivity index (χ0v) is 77.1. The number of nitrogens with one attached hydrogen (secondary N) is 4. The average molecular weight is 1630 g/mol. The van der Waals surface area contributed by atoms with Crippen molar-refractivity contribution in [1.82, 2.24) is 21.3 Å². The van der Waals surface area contributed by atoms with E-state index in [2.05, 4.69) is 111 Å². The fraction of sp³-hybridized carbons (Fsp3) is 0.835. The van der Waals surface area contributed by atoms with Crippen LogP contribution in [0.4, 0.5) is 0 Å². The van der Waals surface area contributed by atoms with E-state index in [9.17, 15) is 47.7 Å². The maximum Gasteiger partial charge on any atom is 1.00 e. The summed E-state index contributed by atoms with van der Waals surface area (Å²) in [4.78, 5) is 104. The summed E-state index contributed by atoms with van der Waals surface area (Å²) in [5.41, 5.74) is 0. The molecule has 0 heterocycles. The molecule has 22 nitrogen and oxygen atoms in total. The van der Waals surface area contributed by atoms with Crippen molar-refractivity contribution in [3.8, 4) is 0 Å². The minimum Gasteiger partial charge on any atom is -0.756 e. The number of carbonyl (C=O) groups is 6. The molecule has 0 aliphatic carbocycles. The van der Waals surface area contributed by atoms with Crippen molar-refractivity contribution in [3.05, 3.63) is 48.6 Å². The molecular formula is C85H156N4Na2O18P2. The first-order valence-electron chi connectivity index (χ1n) is 43.4. The van der Waals surface area contributed by atoms with Gasteiger partial charge in [0.1, 0.15) is 18.6 Å². The number of hydrogen-bond donors (Lipinski definition) is 4. The number of amides is 4. The second-order valence-corrected chi connectivity index (χ2v) is 32.0. The number of allylic oxidation sites excluding steroid dienone is 8. The van der Waals surface area contributed by atoms with Gasteiger partial charge in [-0.3, -0.25) is 37.9 Å². The molecule has 0 aromatic heterocycles. The van der Waals surface area contributed by atoms with Gasteiger partial charge in [-0.15, -0.1) is 0 Å². The van der Waals surface area contributed by atoms with Crippen LogP contribution in [0.15, 0.2) is 48.6 Å². The number of hydrogen-bond acceptors (Lipinski definition) is 18. The number of ether oxygens (including phenoxy) is 4. The Morgan fingerprint density at radius 3 is 0.901 bits per heavy atom. The molecule has 0 spiro atoms. The van der Waals surface area contributed by atoms with Gasteiger partial charge in [0.05, 0.1) is 64.9 Å². The van der Waals surface area contributed by atoms with Crippen LogP contribution in [0.1, 0.15) is 369 Å². The zero-order chi connectivity index (χ0) is 80.0. The third-order valence-corrected chi connectivity index (χ3v) is 20.5. The van der Waals surface area contributed by atoms with Gasteiger partial charge >= 0.3 is 71.1 Å². The molecule has 0 rings (SSSR count). The fourth-order valence-corrected chi connectivity index (χ4v) is 13.5. The quantitative estimate of drug-likeness (QED) is 0.0110. The van der Waals surface area contributed by atoms with Crippen LogP contribution in [0.3, 0.4) is 0 Å². The van der Waals surface area contributed by atoms with E-state index in [0.29, 0.717) is 64.2 Å². The number of carbonyl (C=O) groups excluding carboxylic acids is 6. The second-order valence-electron chi connectivity index (χ2n) is 29.2. The molecule has 0 fully saturated rings. The molecule has 4 N–H and O–H groups in total. The molecule has 26 heteroatoms. The van der Waals surface area contributed by atoms with E-state index >= 15 is 0 Å². The monoisotopic (exact) mass is 1630 g/mol. The number of unbranched alkanes of at least 4 members (excludes halogenated alkanes) is 32. The molecule has 0 aliphatic rings. The van der Waals surface area contributed by atoms with Crippen LogP contribution in [0.2, 0.25) is 0 Å². The van der Waals surface area contributed by atoms with Crippen molar-refractivity contribution in [3.63, 3.8) is 0 Å². The third-order valence-electron chi connectivity index (χ3n) is 18.5. The molecule has 636 valence electrons. The zero-order valence-electron chi connectivity index (χ0n) is 71.3. The van der Waals surface area contributed by atoms with Gasteiger partial charge in [-0.25, -0.2) is 0 Å². The second kappa shape index (κ2) is 84.4. The summed E-state index contributed by atoms with van der Waals surface area (Å²) in [6, 6.07) is -1.76. The van der Waals surface area contributed by atoms with Crippen LogP contribution >= 0.6 is 15.6 Å². The Labute approximate surface area is 718 Å². The Morgan fingerprint density at radius 1 is 0.315 bits per heavy atom. The van der Waals surface area contributed by atoms with Gasteiger partial charge in [0.15, 0.2) is 0 Å². The van der Waals surface area contributed by atoms with Gasteiger partial charge in [-0.05, 0) is 141 Å². The third kappa shape index (κ3) is 81.5. The first-order valence-corrected chi connectivity index (χ1v) is 46.3. The smallest absolute Gasteiger partial charge is 0.756 e. The molecule has 0 saturated carbocycles. The van der Waals surface area contributed by atoms with E-state index in [1.54, 1.807) is 0 Å². The summed E-state index contributed by atoms with van der Waals surface area (Å²) >= 11 is 0. The maximum absolute atomic E-state index is 13.2. The summed E-state index contributed by atoms with van der Waals surface area (Å²) in [5, 5.41) is 10.5. The number of phosphoric ester groups is 2. The largest absolute Gasteiger partial charge is 1.00 e. The summed E-state index contributed by atoms with van der Waals surface area (Å²) in [6.45, 7) is 10.5. The van der Waals surface area contributed by atoms with Crippen molar-refractivity contribution < 1.29 is 144 Å². The Balaban J connectivity index is -0.0000583. The van der Waals surface area contributed by atoms with E-state index < -0.39 is 72.4 Å². The van der Waals surface area contributed by atoms with E-state index in [4.69, 9.17) is 37.0 Å². The van der Waals surface area contributed by atoms with Crippen LogP contribution in [-0.2, 0) is 74.9 Å². The van der Waals surface area contributed by atoms with Crippen molar-refractivity contribution in [1.29, 1.82) is 0 Å². The molecule has 0 aliphatic heterocycles. The summed E-state index contributed by atoms with van der Waals surface area (Å²) < 4.78 is 70.6. The minimum absolute atomic E-state index is 0. The van der Waals surface area contributed by atoms with E-state index in [1.807, 2.05) is 0 Å². The van der Waals surface area contributed by atoms with E-state index in [0.717, 1.165) is 141 Å². The average Bonchev–Trinajstić information content (AvgIpc) is 0.922. The summed E-state index contributed by atoms with van der Waals surface area (Å²) in [6.07, 6.45) is 63.3. The van der Waals surface area contributed by atoms with E-state index in [-0.39, 0.29) is 147 Å². The number of esters is 2. The molecular weight excluding hydrogens is 1470 g/mol. The molecule has 111 heavy (non-hydrogen) atoms. The molecule has 0 aromatic rings. The van der Waals surface area contributed by atoms with Crippen LogP contribution in [0, 0.1) is 0 Å². The Bertz CT molecular complexity index is 2270. The first-order chi connectivity index (χ1) is 52.9. The van der Waals surface area contributed by atoms with Crippen LogP contribution in [-0.4, -0.2) is 126 Å². The maximum atomic E-state index is 13.2. The molecule has 0 aromatic carbocycles. The van der Waals surface area contributed by atoms with Crippen LogP contribution < -0.4 is 90.2 Å². The predicted molar refractivity (Wildman–Crippen MR) is 436 cm³/mol. The standard InChI is InChI=1S/C85H158N4O18P2.2Na/c1-7-13-19-25-29-33-35-39-41-47-53-59-80(90)88-76(72-100-67-63-78(57-51-45-23-17-11-5)106-84(94)61-55-49-43-37-31-27-21-15-9-3)74-104-108(96,97)102-69-65-86-82(92)71-83(93)87-66-70-103-109(98,99)105-75-77(89-81(91)60-54-48-42-40-36-34-30-26-20-14-8-2)73-101-68-64-79(58-52-46-24-18-12-6)107-85(95)62-56-50-44-38-32-28-22-16-10-4;;/h33-38,43-44,76-79H,7-32,39-42,45-75H2,1-6H3,(H,86,92)(H,87,93)(H,88,90)(H,89,91)(H,96,97)(H,98,99);;/q;2*+1/p-2/b35-33-,36-34-,43-37-,44-38-;;/t76?,77?,78-,79?;;/m1../s1. The van der Waals surface area contributed by atoms with Crippen LogP contribution in [0.25, 0.3) is 0 Å². The molecule has 5 unspecified atom stereocenters. The summed E-state index contributed by atoms with van der Waals surface area (Å²) in [7, 11) is -10.00.